The van der Waals surface area contributed by atoms with Crippen molar-refractivity contribution in [2.75, 3.05) is 6.54 Å². The van der Waals surface area contributed by atoms with Crippen LogP contribution < -0.4 is 10.6 Å². The van der Waals surface area contributed by atoms with Crippen LogP contribution >= 0.6 is 0 Å². The van der Waals surface area contributed by atoms with Crippen LogP contribution in [0.1, 0.15) is 22.3 Å². The van der Waals surface area contributed by atoms with Gasteiger partial charge in [0.25, 0.3) is 5.91 Å². The van der Waals surface area contributed by atoms with Gasteiger partial charge in [-0.15, -0.1) is 0 Å². The minimum absolute atomic E-state index is 0.233. The molecule has 0 aliphatic rings. The minimum Gasteiger partial charge on any atom is -0.353 e. The number of nitrogens with zero attached hydrogens (tertiary/aromatic N) is 1. The van der Waals surface area contributed by atoms with Crippen LogP contribution in [0, 0.1) is 11.3 Å². The number of nitriles is 1. The summed E-state index contributed by atoms with van der Waals surface area (Å²) in [6.45, 7) is 0.266. The molecular formula is C19H19N3O2. The smallest absolute Gasteiger partial charge is 0.251 e. The van der Waals surface area contributed by atoms with Crippen molar-refractivity contribution in [1.82, 2.24) is 10.6 Å². The maximum atomic E-state index is 12.4. The highest BCUT2D eigenvalue weighted by molar-refractivity contribution is 5.97. The maximum absolute atomic E-state index is 12.4. The maximum Gasteiger partial charge on any atom is 0.251 e. The van der Waals surface area contributed by atoms with Crippen molar-refractivity contribution in [3.05, 3.63) is 71.8 Å². The number of carbonyl (C=O) groups is 2. The van der Waals surface area contributed by atoms with E-state index in [1.165, 1.54) is 0 Å². The van der Waals surface area contributed by atoms with Crippen molar-refractivity contribution in [2.24, 2.45) is 0 Å². The van der Waals surface area contributed by atoms with Crippen LogP contribution in [0.15, 0.2) is 60.7 Å². The second-order valence-corrected chi connectivity index (χ2v) is 5.28. The molecule has 122 valence electrons. The van der Waals surface area contributed by atoms with Crippen LogP contribution in [0.3, 0.4) is 0 Å². The van der Waals surface area contributed by atoms with Crippen LogP contribution in [0.25, 0.3) is 0 Å². The summed E-state index contributed by atoms with van der Waals surface area (Å²) >= 11 is 0. The van der Waals surface area contributed by atoms with Crippen LogP contribution in [-0.2, 0) is 11.2 Å². The molecule has 1 unspecified atom stereocenters. The number of nitrogens with one attached hydrogen (secondary N) is 2. The Morgan fingerprint density at radius 2 is 1.62 bits per heavy atom. The van der Waals surface area contributed by atoms with E-state index in [1.54, 1.807) is 24.3 Å². The number of benzene rings is 2. The van der Waals surface area contributed by atoms with Gasteiger partial charge in [-0.2, -0.15) is 5.26 Å². The molecule has 2 aromatic rings. The fourth-order valence-corrected chi connectivity index (χ4v) is 2.25. The van der Waals surface area contributed by atoms with Crippen molar-refractivity contribution >= 4 is 11.8 Å². The van der Waals surface area contributed by atoms with Crippen LogP contribution in [0.2, 0.25) is 0 Å². The van der Waals surface area contributed by atoms with Gasteiger partial charge in [0.15, 0.2) is 0 Å². The Bertz CT molecular complexity index is 708. The van der Waals surface area contributed by atoms with E-state index >= 15 is 0 Å². The summed E-state index contributed by atoms with van der Waals surface area (Å²) in [4.78, 5) is 24.7. The average Bonchev–Trinajstić information content (AvgIpc) is 2.63. The lowest BCUT2D eigenvalue weighted by Crippen LogP contribution is -2.48. The first kappa shape index (κ1) is 17.2. The lowest BCUT2D eigenvalue weighted by molar-refractivity contribution is -0.122. The molecule has 0 saturated heterocycles. The van der Waals surface area contributed by atoms with E-state index in [1.807, 2.05) is 42.5 Å². The zero-order valence-corrected chi connectivity index (χ0v) is 13.2. The highest BCUT2D eigenvalue weighted by Crippen LogP contribution is 2.06. The van der Waals surface area contributed by atoms with Gasteiger partial charge < -0.3 is 10.6 Å². The second-order valence-electron chi connectivity index (χ2n) is 5.28. The van der Waals surface area contributed by atoms with Crippen molar-refractivity contribution in [2.45, 2.75) is 18.9 Å². The Labute approximate surface area is 141 Å². The van der Waals surface area contributed by atoms with E-state index in [0.29, 0.717) is 12.0 Å². The average molecular weight is 321 g/mol. The molecule has 2 N–H and O–H groups in total. The summed E-state index contributed by atoms with van der Waals surface area (Å²) in [5.41, 5.74) is 1.45. The molecule has 0 spiro atoms. The van der Waals surface area contributed by atoms with E-state index in [0.717, 1.165) is 5.56 Å². The van der Waals surface area contributed by atoms with Gasteiger partial charge in [-0.05, 0) is 17.7 Å². The Hall–Kier alpha value is -3.13. The van der Waals surface area contributed by atoms with Gasteiger partial charge in [-0.3, -0.25) is 9.59 Å². The van der Waals surface area contributed by atoms with Crippen molar-refractivity contribution in [1.29, 1.82) is 5.26 Å². The van der Waals surface area contributed by atoms with E-state index in [9.17, 15) is 9.59 Å². The summed E-state index contributed by atoms with van der Waals surface area (Å²) < 4.78 is 0. The molecule has 2 rings (SSSR count). The molecule has 0 fully saturated rings. The molecule has 1 atom stereocenters. The molecule has 0 bridgehead atoms. The first-order valence-corrected chi connectivity index (χ1v) is 7.75. The van der Waals surface area contributed by atoms with Gasteiger partial charge in [0.05, 0.1) is 12.5 Å². The number of hydrogen-bond donors (Lipinski definition) is 2. The fraction of sp³-hybridized carbons (Fsp3) is 0.211. The van der Waals surface area contributed by atoms with E-state index in [4.69, 9.17) is 5.26 Å². The summed E-state index contributed by atoms with van der Waals surface area (Å²) in [5.74, 6) is -0.592. The number of hydrogen-bond acceptors (Lipinski definition) is 3. The predicted octanol–water partition coefficient (Wildman–Crippen LogP) is 2.06. The first-order valence-electron chi connectivity index (χ1n) is 7.75. The summed E-state index contributed by atoms with van der Waals surface area (Å²) in [6, 6.07) is 19.5. The van der Waals surface area contributed by atoms with Crippen molar-refractivity contribution in [3.63, 3.8) is 0 Å². The molecule has 24 heavy (non-hydrogen) atoms. The topological polar surface area (TPSA) is 82.0 Å². The van der Waals surface area contributed by atoms with Gasteiger partial charge in [-0.1, -0.05) is 48.5 Å². The molecule has 0 aliphatic heterocycles. The molecule has 0 radical (unpaired) electrons. The third-order valence-corrected chi connectivity index (χ3v) is 3.48. The summed E-state index contributed by atoms with van der Waals surface area (Å²) in [7, 11) is 0. The Morgan fingerprint density at radius 3 is 2.25 bits per heavy atom. The Morgan fingerprint density at radius 1 is 1.00 bits per heavy atom. The minimum atomic E-state index is -0.696. The third-order valence-electron chi connectivity index (χ3n) is 3.48. The highest BCUT2D eigenvalue weighted by atomic mass is 16.2. The zero-order valence-electron chi connectivity index (χ0n) is 13.2. The summed E-state index contributed by atoms with van der Waals surface area (Å²) in [6.07, 6.45) is 0.619. The molecule has 0 aliphatic carbocycles. The highest BCUT2D eigenvalue weighted by Gasteiger charge is 2.21. The number of carbonyl (C=O) groups excluding carboxylic acids is 2. The van der Waals surface area contributed by atoms with Crippen molar-refractivity contribution < 1.29 is 9.59 Å². The third kappa shape index (κ3) is 5.25. The Kier molecular flexibility index (Phi) is 6.54. The molecule has 5 heteroatoms. The standard InChI is InChI=1S/C19H19N3O2/c20-12-7-13-21-19(24)17(14-15-8-3-1-4-9-15)22-18(23)16-10-5-2-6-11-16/h1-6,8-11,17H,7,13-14H2,(H,21,24)(H,22,23). The zero-order chi connectivity index (χ0) is 17.2. The monoisotopic (exact) mass is 321 g/mol. The van der Waals surface area contributed by atoms with Gasteiger partial charge in [0, 0.05) is 18.5 Å². The molecule has 0 heterocycles. The van der Waals surface area contributed by atoms with Crippen molar-refractivity contribution in [3.8, 4) is 6.07 Å². The lowest BCUT2D eigenvalue weighted by atomic mass is 10.0. The van der Waals surface area contributed by atoms with Gasteiger partial charge in [0.2, 0.25) is 5.91 Å². The number of rotatable bonds is 7. The largest absolute Gasteiger partial charge is 0.353 e. The molecule has 5 nitrogen and oxygen atoms in total. The fourth-order valence-electron chi connectivity index (χ4n) is 2.25. The van der Waals surface area contributed by atoms with Gasteiger partial charge in [-0.25, -0.2) is 0 Å². The van der Waals surface area contributed by atoms with Crippen LogP contribution in [0.5, 0.6) is 0 Å². The second kappa shape index (κ2) is 9.11. The SMILES string of the molecule is N#CCCNC(=O)C(Cc1ccccc1)NC(=O)c1ccccc1. The number of amides is 2. The molecule has 2 amide bonds. The van der Waals surface area contributed by atoms with Gasteiger partial charge in [0.1, 0.15) is 6.04 Å². The normalized spacial score (nSPS) is 11.1. The van der Waals surface area contributed by atoms with E-state index in [-0.39, 0.29) is 24.8 Å². The van der Waals surface area contributed by atoms with E-state index in [2.05, 4.69) is 10.6 Å². The molecule has 0 aromatic heterocycles. The quantitative estimate of drug-likeness (QED) is 0.766. The van der Waals surface area contributed by atoms with Crippen LogP contribution in [0.4, 0.5) is 0 Å². The lowest BCUT2D eigenvalue weighted by Gasteiger charge is -2.18. The molecule has 0 saturated carbocycles. The van der Waals surface area contributed by atoms with E-state index < -0.39 is 6.04 Å². The summed E-state index contributed by atoms with van der Waals surface area (Å²) in [5, 5.41) is 14.0. The molecular weight excluding hydrogens is 302 g/mol. The van der Waals surface area contributed by atoms with Gasteiger partial charge >= 0.3 is 0 Å². The predicted molar refractivity (Wildman–Crippen MR) is 91.1 cm³/mol. The molecule has 2 aromatic carbocycles. The van der Waals surface area contributed by atoms with Crippen LogP contribution in [-0.4, -0.2) is 24.4 Å². The Balaban J connectivity index is 2.08. The first-order chi connectivity index (χ1) is 11.7.